The summed E-state index contributed by atoms with van der Waals surface area (Å²) >= 11 is 0. The van der Waals surface area contributed by atoms with Crippen LogP contribution in [0.1, 0.15) is 137 Å². The van der Waals surface area contributed by atoms with Crippen LogP contribution >= 0.6 is 0 Å². The predicted molar refractivity (Wildman–Crippen MR) is 162 cm³/mol. The van der Waals surface area contributed by atoms with Gasteiger partial charge in [-0.1, -0.05) is 66.9 Å². The van der Waals surface area contributed by atoms with E-state index in [-0.39, 0.29) is 0 Å². The van der Waals surface area contributed by atoms with Gasteiger partial charge in [-0.25, -0.2) is 0 Å². The molecule has 0 aromatic heterocycles. The lowest BCUT2D eigenvalue weighted by molar-refractivity contribution is -0.123. The molecule has 2 nitrogen and oxygen atoms in total. The van der Waals surface area contributed by atoms with Crippen molar-refractivity contribution >= 4 is 0 Å². The topological polar surface area (TPSA) is 24.1 Å². The first kappa shape index (κ1) is 29.5. The van der Waals surface area contributed by atoms with E-state index in [1.54, 1.807) is 0 Å². The molecule has 8 unspecified atom stereocenters. The van der Waals surface area contributed by atoms with E-state index in [2.05, 4.69) is 45.3 Å². The van der Waals surface area contributed by atoms with E-state index in [0.717, 1.165) is 55.1 Å². The Morgan fingerprint density at radius 1 is 0.784 bits per heavy atom. The first-order valence-electron chi connectivity index (χ1n) is 16.9. The van der Waals surface area contributed by atoms with Crippen molar-refractivity contribution in [1.29, 1.82) is 0 Å². The van der Waals surface area contributed by atoms with Crippen molar-refractivity contribution in [2.75, 3.05) is 19.6 Å². The number of rotatable bonds is 14. The van der Waals surface area contributed by atoms with Crippen LogP contribution < -0.4 is 10.6 Å². The molecular formula is C35H64N2. The zero-order valence-electron chi connectivity index (χ0n) is 25.7. The van der Waals surface area contributed by atoms with Crippen LogP contribution in [0.4, 0.5) is 0 Å². The van der Waals surface area contributed by atoms with Gasteiger partial charge in [0.05, 0.1) is 0 Å². The molecular weight excluding hydrogens is 448 g/mol. The summed E-state index contributed by atoms with van der Waals surface area (Å²) < 4.78 is 0. The highest BCUT2D eigenvalue weighted by atomic mass is 14.9. The second-order valence-electron chi connectivity index (χ2n) is 15.0. The van der Waals surface area contributed by atoms with Crippen LogP contribution in [0.15, 0.2) is 12.3 Å². The number of hydrogen-bond donors (Lipinski definition) is 2. The number of unbranched alkanes of at least 4 members (excludes halogenated alkanes) is 1. The van der Waals surface area contributed by atoms with E-state index in [1.165, 1.54) is 108 Å². The van der Waals surface area contributed by atoms with Gasteiger partial charge in [0.2, 0.25) is 0 Å². The molecule has 0 aromatic carbocycles. The fourth-order valence-electron chi connectivity index (χ4n) is 10.4. The average molecular weight is 513 g/mol. The first-order valence-corrected chi connectivity index (χ1v) is 16.9. The van der Waals surface area contributed by atoms with Crippen molar-refractivity contribution in [2.24, 2.45) is 52.3 Å². The van der Waals surface area contributed by atoms with Crippen LogP contribution in [-0.4, -0.2) is 19.6 Å². The molecule has 0 bridgehead atoms. The zero-order chi connectivity index (χ0) is 26.5. The van der Waals surface area contributed by atoms with Crippen LogP contribution in [0.5, 0.6) is 0 Å². The molecule has 4 rings (SSSR count). The highest BCUT2D eigenvalue weighted by Gasteiger charge is 2.61. The Hall–Kier alpha value is -0.500. The van der Waals surface area contributed by atoms with Gasteiger partial charge in [0, 0.05) is 18.2 Å². The second kappa shape index (κ2) is 13.2. The predicted octanol–water partition coefficient (Wildman–Crippen LogP) is 9.36. The van der Waals surface area contributed by atoms with Gasteiger partial charge < -0.3 is 10.6 Å². The number of nitrogens with one attached hydrogen (secondary N) is 2. The normalized spacial score (nSPS) is 38.1. The minimum atomic E-state index is 0.584. The molecule has 4 aliphatic rings. The Labute approximate surface area is 232 Å². The molecule has 8 atom stereocenters. The summed E-state index contributed by atoms with van der Waals surface area (Å²) in [4.78, 5) is 0. The van der Waals surface area contributed by atoms with E-state index >= 15 is 0 Å². The quantitative estimate of drug-likeness (QED) is 0.226. The molecule has 37 heavy (non-hydrogen) atoms. The minimum Gasteiger partial charge on any atom is -0.389 e. The summed E-state index contributed by atoms with van der Waals surface area (Å²) in [5.41, 5.74) is 2.63. The third kappa shape index (κ3) is 6.47. The summed E-state index contributed by atoms with van der Waals surface area (Å²) in [6, 6.07) is 0. The lowest BCUT2D eigenvalue weighted by Gasteiger charge is -2.61. The monoisotopic (exact) mass is 513 g/mol. The summed E-state index contributed by atoms with van der Waals surface area (Å²) in [6.45, 7) is 20.7. The van der Waals surface area contributed by atoms with Gasteiger partial charge in [0.15, 0.2) is 0 Å². The van der Waals surface area contributed by atoms with Gasteiger partial charge in [0.1, 0.15) is 0 Å². The number of allylic oxidation sites excluding steroid dienone is 1. The first-order chi connectivity index (χ1) is 17.8. The van der Waals surface area contributed by atoms with Crippen LogP contribution in [-0.2, 0) is 0 Å². The fourth-order valence-corrected chi connectivity index (χ4v) is 10.4. The molecule has 0 aliphatic heterocycles. The second-order valence-corrected chi connectivity index (χ2v) is 15.0. The van der Waals surface area contributed by atoms with Crippen molar-refractivity contribution in [1.82, 2.24) is 10.6 Å². The fraction of sp³-hybridized carbons (Fsp3) is 0.943. The van der Waals surface area contributed by atoms with Crippen molar-refractivity contribution < 1.29 is 0 Å². The molecule has 0 heterocycles. The van der Waals surface area contributed by atoms with Gasteiger partial charge in [0.25, 0.3) is 0 Å². The average Bonchev–Trinajstić information content (AvgIpc) is 3.22. The minimum absolute atomic E-state index is 0.584. The molecule has 0 saturated heterocycles. The molecule has 2 N–H and O–H groups in total. The summed E-state index contributed by atoms with van der Waals surface area (Å²) in [7, 11) is 0. The Morgan fingerprint density at radius 2 is 1.51 bits per heavy atom. The van der Waals surface area contributed by atoms with E-state index in [1.807, 2.05) is 0 Å². The molecule has 4 aliphatic carbocycles. The van der Waals surface area contributed by atoms with Gasteiger partial charge in [-0.2, -0.15) is 0 Å². The highest BCUT2D eigenvalue weighted by molar-refractivity contribution is 5.13. The highest BCUT2D eigenvalue weighted by Crippen LogP contribution is 2.69. The van der Waals surface area contributed by atoms with E-state index in [9.17, 15) is 0 Å². The molecule has 214 valence electrons. The van der Waals surface area contributed by atoms with Crippen molar-refractivity contribution in [3.05, 3.63) is 12.3 Å². The van der Waals surface area contributed by atoms with Gasteiger partial charge in [-0.15, -0.1) is 0 Å². The van der Waals surface area contributed by atoms with Crippen molar-refractivity contribution in [3.8, 4) is 0 Å². The van der Waals surface area contributed by atoms with E-state index in [0.29, 0.717) is 16.7 Å². The Morgan fingerprint density at radius 3 is 2.30 bits per heavy atom. The maximum atomic E-state index is 4.72. The molecule has 4 saturated carbocycles. The SMILES string of the molecule is C=C(NCCCCNCCC)C(CCCC(C)C)C1CCC2(C)C1CCC1C2CCC2CCCCC21C. The smallest absolute Gasteiger partial charge is 0.0144 e. The maximum Gasteiger partial charge on any atom is 0.0144 e. The summed E-state index contributed by atoms with van der Waals surface area (Å²) in [5.74, 6) is 6.32. The van der Waals surface area contributed by atoms with Gasteiger partial charge in [-0.3, -0.25) is 0 Å². The van der Waals surface area contributed by atoms with E-state index in [4.69, 9.17) is 6.58 Å². The lowest BCUT2D eigenvalue weighted by Crippen LogP contribution is -2.54. The van der Waals surface area contributed by atoms with Crippen molar-refractivity contribution in [3.63, 3.8) is 0 Å². The zero-order valence-corrected chi connectivity index (χ0v) is 25.7. The molecule has 0 aromatic rings. The number of hydrogen-bond acceptors (Lipinski definition) is 2. The molecule has 0 spiro atoms. The van der Waals surface area contributed by atoms with Gasteiger partial charge in [-0.05, 0) is 136 Å². The Bertz CT molecular complexity index is 714. The standard InChI is InChI=1S/C35H64N2/c1-7-23-36-24-10-11-25-37-27(4)29(15-12-13-26(2)3)30-20-22-35(6)31(30)18-19-32-33(35)17-16-28-14-8-9-21-34(28,32)5/h26,28-33,36-37H,4,7-25H2,1-3,5-6H3. The van der Waals surface area contributed by atoms with Crippen LogP contribution in [0.25, 0.3) is 0 Å². The van der Waals surface area contributed by atoms with Crippen LogP contribution in [0, 0.1) is 52.3 Å². The number of fused-ring (bicyclic) bond motifs is 5. The van der Waals surface area contributed by atoms with E-state index < -0.39 is 0 Å². The van der Waals surface area contributed by atoms with Crippen molar-refractivity contribution in [2.45, 2.75) is 137 Å². The third-order valence-corrected chi connectivity index (χ3v) is 12.4. The largest absolute Gasteiger partial charge is 0.389 e. The maximum absolute atomic E-state index is 4.72. The Balaban J connectivity index is 1.41. The Kier molecular flexibility index (Phi) is 10.5. The third-order valence-electron chi connectivity index (χ3n) is 12.4. The molecule has 4 fully saturated rings. The summed E-state index contributed by atoms with van der Waals surface area (Å²) in [5, 5.41) is 7.43. The summed E-state index contributed by atoms with van der Waals surface area (Å²) in [6.07, 6.45) is 22.9. The molecule has 0 amide bonds. The van der Waals surface area contributed by atoms with Gasteiger partial charge >= 0.3 is 0 Å². The van der Waals surface area contributed by atoms with Crippen LogP contribution in [0.3, 0.4) is 0 Å². The molecule has 2 heteroatoms. The molecule has 0 radical (unpaired) electrons. The lowest BCUT2D eigenvalue weighted by atomic mass is 9.43. The van der Waals surface area contributed by atoms with Crippen LogP contribution in [0.2, 0.25) is 0 Å².